The van der Waals surface area contributed by atoms with E-state index in [-0.39, 0.29) is 11.8 Å². The van der Waals surface area contributed by atoms with Crippen molar-refractivity contribution < 1.29 is 14.3 Å². The van der Waals surface area contributed by atoms with Crippen LogP contribution in [0, 0.1) is 5.92 Å². The fraction of sp³-hybridized carbons (Fsp3) is 0.579. The number of nitrogens with one attached hydrogen (secondary N) is 1. The molecule has 5 nitrogen and oxygen atoms in total. The Morgan fingerprint density at radius 2 is 2.21 bits per heavy atom. The summed E-state index contributed by atoms with van der Waals surface area (Å²) in [6, 6.07) is 7.54. The average Bonchev–Trinajstić information content (AvgIpc) is 3.33. The lowest BCUT2D eigenvalue weighted by Crippen LogP contribution is -2.26. The van der Waals surface area contributed by atoms with Crippen molar-refractivity contribution in [2.45, 2.75) is 38.6 Å². The molecule has 1 aromatic carbocycles. The van der Waals surface area contributed by atoms with Gasteiger partial charge in [0.05, 0.1) is 0 Å². The van der Waals surface area contributed by atoms with E-state index < -0.39 is 0 Å². The first-order valence-electron chi connectivity index (χ1n) is 8.95. The van der Waals surface area contributed by atoms with Crippen molar-refractivity contribution >= 4 is 11.8 Å². The maximum absolute atomic E-state index is 12.2. The highest BCUT2D eigenvalue weighted by atomic mass is 16.5. The highest BCUT2D eigenvalue weighted by molar-refractivity contribution is 5.94. The number of ether oxygens (including phenoxy) is 1. The van der Waals surface area contributed by atoms with Crippen LogP contribution in [0.4, 0.5) is 0 Å². The summed E-state index contributed by atoms with van der Waals surface area (Å²) in [5.41, 5.74) is 1.66. The third-order valence-corrected chi connectivity index (χ3v) is 4.54. The Balaban J connectivity index is 1.40. The summed E-state index contributed by atoms with van der Waals surface area (Å²) in [4.78, 5) is 25.8. The van der Waals surface area contributed by atoms with Gasteiger partial charge in [-0.05, 0) is 49.3 Å². The van der Waals surface area contributed by atoms with E-state index in [0.29, 0.717) is 31.7 Å². The molecule has 1 saturated heterocycles. The van der Waals surface area contributed by atoms with E-state index in [1.807, 2.05) is 29.2 Å². The fourth-order valence-corrected chi connectivity index (χ4v) is 2.92. The molecule has 1 heterocycles. The molecule has 5 heteroatoms. The van der Waals surface area contributed by atoms with Crippen LogP contribution in [0.2, 0.25) is 0 Å². The molecule has 0 radical (unpaired) electrons. The molecule has 1 N–H and O–H groups in total. The largest absolute Gasteiger partial charge is 0.381 e. The van der Waals surface area contributed by atoms with E-state index in [9.17, 15) is 9.59 Å². The zero-order valence-electron chi connectivity index (χ0n) is 14.1. The molecular weight excluding hydrogens is 304 g/mol. The highest BCUT2D eigenvalue weighted by Crippen LogP contribution is 2.28. The molecule has 0 bridgehead atoms. The average molecular weight is 330 g/mol. The van der Waals surface area contributed by atoms with E-state index in [4.69, 9.17) is 4.74 Å². The summed E-state index contributed by atoms with van der Waals surface area (Å²) >= 11 is 0. The predicted molar refractivity (Wildman–Crippen MR) is 91.6 cm³/mol. The maximum atomic E-state index is 12.2. The first-order chi connectivity index (χ1) is 11.7. The van der Waals surface area contributed by atoms with Crippen molar-refractivity contribution in [3.8, 4) is 0 Å². The summed E-state index contributed by atoms with van der Waals surface area (Å²) in [6.07, 6.45) is 5.01. The van der Waals surface area contributed by atoms with E-state index >= 15 is 0 Å². The van der Waals surface area contributed by atoms with Gasteiger partial charge in [-0.25, -0.2) is 0 Å². The molecular formula is C19H26N2O3. The van der Waals surface area contributed by atoms with Crippen molar-refractivity contribution in [3.05, 3.63) is 35.4 Å². The zero-order chi connectivity index (χ0) is 16.8. The van der Waals surface area contributed by atoms with Crippen molar-refractivity contribution in [2.75, 3.05) is 26.3 Å². The van der Waals surface area contributed by atoms with Crippen LogP contribution < -0.4 is 5.32 Å². The monoisotopic (exact) mass is 330 g/mol. The maximum Gasteiger partial charge on any atom is 0.251 e. The summed E-state index contributed by atoms with van der Waals surface area (Å²) in [6.45, 7) is 3.60. The Labute approximate surface area is 143 Å². The molecule has 2 amide bonds. The SMILES string of the molecule is O=C(NCCCOCC1CC1)c1cccc(CN2CCCC2=O)c1. The third kappa shape index (κ3) is 5.06. The van der Waals surface area contributed by atoms with Crippen molar-refractivity contribution in [1.82, 2.24) is 10.2 Å². The van der Waals surface area contributed by atoms with Gasteiger partial charge in [0.25, 0.3) is 5.91 Å². The number of hydrogen-bond acceptors (Lipinski definition) is 3. The minimum Gasteiger partial charge on any atom is -0.381 e. The summed E-state index contributed by atoms with van der Waals surface area (Å²) in [7, 11) is 0. The van der Waals surface area contributed by atoms with Gasteiger partial charge in [0.2, 0.25) is 5.91 Å². The second-order valence-corrected chi connectivity index (χ2v) is 6.75. The zero-order valence-corrected chi connectivity index (χ0v) is 14.1. The van der Waals surface area contributed by atoms with Gasteiger partial charge in [0.1, 0.15) is 0 Å². The molecule has 0 atom stereocenters. The van der Waals surface area contributed by atoms with Gasteiger partial charge in [-0.3, -0.25) is 9.59 Å². The van der Waals surface area contributed by atoms with Gasteiger partial charge < -0.3 is 15.0 Å². The lowest BCUT2D eigenvalue weighted by atomic mass is 10.1. The number of carbonyl (C=O) groups excluding carboxylic acids is 2. The van der Waals surface area contributed by atoms with Crippen LogP contribution >= 0.6 is 0 Å². The van der Waals surface area contributed by atoms with Crippen LogP contribution in [-0.2, 0) is 16.1 Å². The summed E-state index contributed by atoms with van der Waals surface area (Å²) in [5.74, 6) is 0.924. The molecule has 0 unspecified atom stereocenters. The van der Waals surface area contributed by atoms with E-state index in [1.54, 1.807) is 0 Å². The minimum atomic E-state index is -0.0632. The van der Waals surface area contributed by atoms with Crippen molar-refractivity contribution in [1.29, 1.82) is 0 Å². The van der Waals surface area contributed by atoms with Crippen LogP contribution in [0.15, 0.2) is 24.3 Å². The topological polar surface area (TPSA) is 58.6 Å². The van der Waals surface area contributed by atoms with Gasteiger partial charge in [0, 0.05) is 44.8 Å². The Hall–Kier alpha value is -1.88. The fourth-order valence-electron chi connectivity index (χ4n) is 2.92. The molecule has 1 aliphatic heterocycles. The van der Waals surface area contributed by atoms with E-state index in [1.165, 1.54) is 12.8 Å². The molecule has 130 valence electrons. The number of rotatable bonds is 9. The number of nitrogens with zero attached hydrogens (tertiary/aromatic N) is 1. The lowest BCUT2D eigenvalue weighted by Gasteiger charge is -2.16. The molecule has 1 saturated carbocycles. The van der Waals surface area contributed by atoms with Gasteiger partial charge >= 0.3 is 0 Å². The Bertz CT molecular complexity index is 584. The number of benzene rings is 1. The van der Waals surface area contributed by atoms with E-state index in [2.05, 4.69) is 5.32 Å². The molecule has 2 aliphatic rings. The van der Waals surface area contributed by atoms with Crippen LogP contribution in [0.5, 0.6) is 0 Å². The number of hydrogen-bond donors (Lipinski definition) is 1. The summed E-state index contributed by atoms with van der Waals surface area (Å²) in [5, 5.41) is 2.93. The first-order valence-corrected chi connectivity index (χ1v) is 8.95. The normalized spacial score (nSPS) is 17.3. The van der Waals surface area contributed by atoms with E-state index in [0.717, 1.165) is 37.5 Å². The Morgan fingerprint density at radius 1 is 1.33 bits per heavy atom. The molecule has 0 spiro atoms. The molecule has 2 fully saturated rings. The number of amides is 2. The van der Waals surface area contributed by atoms with Crippen molar-refractivity contribution in [2.24, 2.45) is 5.92 Å². The lowest BCUT2D eigenvalue weighted by molar-refractivity contribution is -0.128. The van der Waals surface area contributed by atoms with Gasteiger partial charge in [-0.15, -0.1) is 0 Å². The van der Waals surface area contributed by atoms with Crippen molar-refractivity contribution in [3.63, 3.8) is 0 Å². The smallest absolute Gasteiger partial charge is 0.251 e. The Kier molecular flexibility index (Phi) is 5.86. The Morgan fingerprint density at radius 3 is 2.96 bits per heavy atom. The van der Waals surface area contributed by atoms with Gasteiger partial charge in [-0.2, -0.15) is 0 Å². The number of carbonyl (C=O) groups is 2. The molecule has 3 rings (SSSR count). The first kappa shape index (κ1) is 17.0. The predicted octanol–water partition coefficient (Wildman–Crippen LogP) is 2.36. The molecule has 0 aromatic heterocycles. The van der Waals surface area contributed by atoms with Crippen LogP contribution in [0.25, 0.3) is 0 Å². The molecule has 24 heavy (non-hydrogen) atoms. The highest BCUT2D eigenvalue weighted by Gasteiger charge is 2.21. The summed E-state index contributed by atoms with van der Waals surface area (Å²) < 4.78 is 5.56. The van der Waals surface area contributed by atoms with Crippen LogP contribution in [0.1, 0.15) is 48.0 Å². The quantitative estimate of drug-likeness (QED) is 0.707. The number of likely N-dealkylation sites (tertiary alicyclic amines) is 1. The third-order valence-electron chi connectivity index (χ3n) is 4.54. The van der Waals surface area contributed by atoms with Crippen LogP contribution in [-0.4, -0.2) is 43.0 Å². The molecule has 1 aromatic rings. The second-order valence-electron chi connectivity index (χ2n) is 6.75. The van der Waals surface area contributed by atoms with Gasteiger partial charge in [0.15, 0.2) is 0 Å². The minimum absolute atomic E-state index is 0.0632. The van der Waals surface area contributed by atoms with Gasteiger partial charge in [-0.1, -0.05) is 12.1 Å². The standard InChI is InChI=1S/C19H26N2O3/c22-18-6-2-10-21(18)13-16-4-1-5-17(12-16)19(23)20-9-3-11-24-14-15-7-8-15/h1,4-5,12,15H,2-3,6-11,13-14H2,(H,20,23). The van der Waals surface area contributed by atoms with Crippen LogP contribution in [0.3, 0.4) is 0 Å². The second kappa shape index (κ2) is 8.29. The molecule has 1 aliphatic carbocycles.